The van der Waals surface area contributed by atoms with Gasteiger partial charge in [-0.05, 0) is 20.0 Å². The molecule has 0 radical (unpaired) electrons. The molecule has 0 aromatic rings. The molecule has 0 saturated heterocycles. The van der Waals surface area contributed by atoms with Gasteiger partial charge in [-0.15, -0.1) is 6.58 Å². The van der Waals surface area contributed by atoms with Gasteiger partial charge in [0.1, 0.15) is 0 Å². The van der Waals surface area contributed by atoms with E-state index in [4.69, 9.17) is 0 Å². The summed E-state index contributed by atoms with van der Waals surface area (Å²) in [6.07, 6.45) is 22.1. The van der Waals surface area contributed by atoms with Crippen LogP contribution in [0, 0.1) is 0 Å². The van der Waals surface area contributed by atoms with Crippen molar-refractivity contribution >= 4 is 0 Å². The van der Waals surface area contributed by atoms with E-state index in [1.165, 1.54) is 96.4 Å². The van der Waals surface area contributed by atoms with Gasteiger partial charge in [-0.1, -0.05) is 96.5 Å². The number of hydrogen-bond donors (Lipinski definition) is 0. The molecule has 0 bridgehead atoms. The van der Waals surface area contributed by atoms with Gasteiger partial charge >= 0.3 is 0 Å². The van der Waals surface area contributed by atoms with Crippen LogP contribution in [0.4, 0.5) is 0 Å². The molecule has 0 aliphatic carbocycles. The van der Waals surface area contributed by atoms with Crippen LogP contribution in [-0.4, -0.2) is 25.0 Å². The lowest BCUT2D eigenvalue weighted by Gasteiger charge is -2.13. The van der Waals surface area contributed by atoms with Crippen LogP contribution in [0.15, 0.2) is 12.7 Å². The van der Waals surface area contributed by atoms with Crippen molar-refractivity contribution in [3.8, 4) is 0 Å². The van der Waals surface area contributed by atoms with E-state index in [1.807, 2.05) is 6.08 Å². The third-order valence-corrected chi connectivity index (χ3v) is 4.33. The molecule has 0 rings (SSSR count). The summed E-state index contributed by atoms with van der Waals surface area (Å²) >= 11 is 0. The first kappa shape index (κ1) is 20.7. The van der Waals surface area contributed by atoms with Crippen LogP contribution < -0.4 is 0 Å². The fourth-order valence-corrected chi connectivity index (χ4v) is 2.89. The Morgan fingerprint density at radius 3 is 1.43 bits per heavy atom. The minimum Gasteiger partial charge on any atom is -0.303 e. The highest BCUT2D eigenvalue weighted by molar-refractivity contribution is 4.70. The van der Waals surface area contributed by atoms with E-state index in [2.05, 4.69) is 25.5 Å². The highest BCUT2D eigenvalue weighted by Crippen LogP contribution is 2.12. The Morgan fingerprint density at radius 2 is 1.05 bits per heavy atom. The molecule has 126 valence electrons. The summed E-state index contributed by atoms with van der Waals surface area (Å²) in [6, 6.07) is 0. The standard InChI is InChI=1S/C20H41N/c1-4-6-7-8-9-10-11-12-13-14-15-16-17-18-20-21(3)19-5-2/h5H,2,4,6-20H2,1,3H3. The fraction of sp³-hybridized carbons (Fsp3) is 0.900. The van der Waals surface area contributed by atoms with Gasteiger partial charge in [0.05, 0.1) is 0 Å². The SMILES string of the molecule is C=CCN(C)CCCCCCCCCCCCCCCC. The van der Waals surface area contributed by atoms with Gasteiger partial charge in [-0.3, -0.25) is 0 Å². The highest BCUT2D eigenvalue weighted by Gasteiger charge is 1.96. The molecule has 0 aliphatic heterocycles. The first-order valence-corrected chi connectivity index (χ1v) is 9.60. The first-order chi connectivity index (χ1) is 10.3. The Hall–Kier alpha value is -0.300. The quantitative estimate of drug-likeness (QED) is 0.216. The average molecular weight is 296 g/mol. The van der Waals surface area contributed by atoms with E-state index in [-0.39, 0.29) is 0 Å². The molecule has 0 aliphatic rings. The predicted octanol–water partition coefficient (Wildman–Crippen LogP) is 6.59. The van der Waals surface area contributed by atoms with Crippen molar-refractivity contribution < 1.29 is 0 Å². The van der Waals surface area contributed by atoms with Crippen molar-refractivity contribution in [1.82, 2.24) is 4.90 Å². The molecular weight excluding hydrogens is 254 g/mol. The van der Waals surface area contributed by atoms with E-state index in [1.54, 1.807) is 0 Å². The van der Waals surface area contributed by atoms with Crippen LogP contribution in [-0.2, 0) is 0 Å². The first-order valence-electron chi connectivity index (χ1n) is 9.60. The van der Waals surface area contributed by atoms with E-state index in [0.717, 1.165) is 6.54 Å². The Kier molecular flexibility index (Phi) is 17.5. The van der Waals surface area contributed by atoms with Crippen molar-refractivity contribution in [3.05, 3.63) is 12.7 Å². The molecule has 0 fully saturated rings. The Bertz CT molecular complexity index is 200. The molecule has 0 heterocycles. The molecule has 0 N–H and O–H groups in total. The molecule has 21 heavy (non-hydrogen) atoms. The minimum atomic E-state index is 1.03. The van der Waals surface area contributed by atoms with Crippen molar-refractivity contribution in [3.63, 3.8) is 0 Å². The Balaban J connectivity index is 3.01. The van der Waals surface area contributed by atoms with Gasteiger partial charge in [0.2, 0.25) is 0 Å². The molecule has 0 saturated carbocycles. The molecule has 0 unspecified atom stereocenters. The van der Waals surface area contributed by atoms with Crippen LogP contribution in [0.2, 0.25) is 0 Å². The molecular formula is C20H41N. The zero-order valence-corrected chi connectivity index (χ0v) is 15.0. The summed E-state index contributed by atoms with van der Waals surface area (Å²) in [5, 5.41) is 0. The molecule has 0 atom stereocenters. The second-order valence-electron chi connectivity index (χ2n) is 6.65. The lowest BCUT2D eigenvalue weighted by Crippen LogP contribution is -2.19. The summed E-state index contributed by atoms with van der Waals surface area (Å²) < 4.78 is 0. The van der Waals surface area contributed by atoms with E-state index < -0.39 is 0 Å². The second-order valence-corrected chi connectivity index (χ2v) is 6.65. The number of hydrogen-bond acceptors (Lipinski definition) is 1. The van der Waals surface area contributed by atoms with Crippen molar-refractivity contribution in [2.45, 2.75) is 96.8 Å². The van der Waals surface area contributed by atoms with Crippen molar-refractivity contribution in [2.75, 3.05) is 20.1 Å². The van der Waals surface area contributed by atoms with E-state index in [0.29, 0.717) is 0 Å². The second kappa shape index (κ2) is 17.8. The zero-order chi connectivity index (χ0) is 15.6. The predicted molar refractivity (Wildman–Crippen MR) is 98.0 cm³/mol. The summed E-state index contributed by atoms with van der Waals surface area (Å²) in [7, 11) is 2.18. The Labute approximate surface area is 135 Å². The minimum absolute atomic E-state index is 1.03. The van der Waals surface area contributed by atoms with E-state index >= 15 is 0 Å². The van der Waals surface area contributed by atoms with Crippen LogP contribution in [0.1, 0.15) is 96.8 Å². The third kappa shape index (κ3) is 17.6. The highest BCUT2D eigenvalue weighted by atomic mass is 15.1. The maximum atomic E-state index is 3.78. The molecule has 0 amide bonds. The number of likely N-dealkylation sites (N-methyl/N-ethyl adjacent to an activating group) is 1. The topological polar surface area (TPSA) is 3.24 Å². The van der Waals surface area contributed by atoms with Gasteiger partial charge in [0.25, 0.3) is 0 Å². The summed E-state index contributed by atoms with van der Waals surface area (Å²) in [4.78, 5) is 2.35. The molecule has 1 nitrogen and oxygen atoms in total. The summed E-state index contributed by atoms with van der Waals surface area (Å²) in [5.41, 5.74) is 0. The van der Waals surface area contributed by atoms with Gasteiger partial charge in [-0.25, -0.2) is 0 Å². The fourth-order valence-electron chi connectivity index (χ4n) is 2.89. The zero-order valence-electron chi connectivity index (χ0n) is 15.0. The molecule has 0 spiro atoms. The number of rotatable bonds is 17. The summed E-state index contributed by atoms with van der Waals surface area (Å²) in [6.45, 7) is 8.32. The lowest BCUT2D eigenvalue weighted by atomic mass is 10.0. The Morgan fingerprint density at radius 1 is 0.667 bits per heavy atom. The van der Waals surface area contributed by atoms with Crippen molar-refractivity contribution in [2.24, 2.45) is 0 Å². The molecule has 0 aromatic carbocycles. The monoisotopic (exact) mass is 295 g/mol. The third-order valence-electron chi connectivity index (χ3n) is 4.33. The lowest BCUT2D eigenvalue weighted by molar-refractivity contribution is 0.356. The maximum Gasteiger partial charge on any atom is 0.0157 e. The van der Waals surface area contributed by atoms with Crippen LogP contribution in [0.5, 0.6) is 0 Å². The average Bonchev–Trinajstić information content (AvgIpc) is 2.48. The smallest absolute Gasteiger partial charge is 0.0157 e. The molecule has 1 heteroatoms. The summed E-state index contributed by atoms with van der Waals surface area (Å²) in [5.74, 6) is 0. The van der Waals surface area contributed by atoms with Gasteiger partial charge < -0.3 is 4.90 Å². The number of unbranched alkanes of at least 4 members (excludes halogenated alkanes) is 13. The van der Waals surface area contributed by atoms with Crippen LogP contribution in [0.3, 0.4) is 0 Å². The van der Waals surface area contributed by atoms with Crippen LogP contribution in [0.25, 0.3) is 0 Å². The maximum absolute atomic E-state index is 3.78. The van der Waals surface area contributed by atoms with Crippen molar-refractivity contribution in [1.29, 1.82) is 0 Å². The van der Waals surface area contributed by atoms with Gasteiger partial charge in [-0.2, -0.15) is 0 Å². The normalized spacial score (nSPS) is 11.2. The van der Waals surface area contributed by atoms with Crippen LogP contribution >= 0.6 is 0 Å². The molecule has 0 aromatic heterocycles. The largest absolute Gasteiger partial charge is 0.303 e. The van der Waals surface area contributed by atoms with E-state index in [9.17, 15) is 0 Å². The van der Waals surface area contributed by atoms with Gasteiger partial charge in [0, 0.05) is 6.54 Å². The number of nitrogens with zero attached hydrogens (tertiary/aromatic N) is 1. The van der Waals surface area contributed by atoms with Gasteiger partial charge in [0.15, 0.2) is 0 Å².